The number of aromatic amines is 2. The first kappa shape index (κ1) is 25.3. The highest BCUT2D eigenvalue weighted by molar-refractivity contribution is 6.34. The fourth-order valence-electron chi connectivity index (χ4n) is 4.13. The van der Waals surface area contributed by atoms with Crippen LogP contribution in [-0.2, 0) is 11.3 Å². The Morgan fingerprint density at radius 3 is 2.62 bits per heavy atom. The average molecular weight is 530 g/mol. The fraction of sp³-hybridized carbons (Fsp3) is 0.0714. The Labute approximate surface area is 219 Å². The molecule has 2 amide bonds. The molecule has 3 heterocycles. The van der Waals surface area contributed by atoms with Gasteiger partial charge in [0.15, 0.2) is 11.6 Å². The summed E-state index contributed by atoms with van der Waals surface area (Å²) in [7, 11) is 0. The molecule has 2 aromatic carbocycles. The molecule has 0 atom stereocenters. The van der Waals surface area contributed by atoms with Crippen molar-refractivity contribution in [1.29, 1.82) is 0 Å². The fourth-order valence-corrected chi connectivity index (χ4v) is 4.13. The number of carbonyl (C=O) groups is 2. The van der Waals surface area contributed by atoms with Crippen LogP contribution in [0, 0.1) is 11.6 Å². The third kappa shape index (κ3) is 5.37. The molecule has 0 spiro atoms. The molecule has 196 valence electrons. The average Bonchev–Trinajstić information content (AvgIpc) is 3.54. The number of aromatic nitrogens is 3. The molecule has 4 aromatic rings. The molecule has 0 bridgehead atoms. The lowest BCUT2D eigenvalue weighted by atomic mass is 10.0. The Kier molecular flexibility index (Phi) is 6.87. The molecule has 0 fully saturated rings. The molecule has 39 heavy (non-hydrogen) atoms. The van der Waals surface area contributed by atoms with Gasteiger partial charge in [0.2, 0.25) is 0 Å². The first-order valence-electron chi connectivity index (χ1n) is 11.8. The van der Waals surface area contributed by atoms with Crippen molar-refractivity contribution in [3.05, 3.63) is 127 Å². The van der Waals surface area contributed by atoms with Gasteiger partial charge in [-0.2, -0.15) is 0 Å². The molecule has 1 aliphatic rings. The van der Waals surface area contributed by atoms with Gasteiger partial charge in [0.05, 0.1) is 12.1 Å². The highest BCUT2D eigenvalue weighted by Crippen LogP contribution is 2.33. The van der Waals surface area contributed by atoms with E-state index in [-0.39, 0.29) is 30.1 Å². The van der Waals surface area contributed by atoms with Crippen LogP contribution in [0.15, 0.2) is 76.6 Å². The van der Waals surface area contributed by atoms with Gasteiger partial charge in [-0.1, -0.05) is 30.4 Å². The second-order valence-corrected chi connectivity index (χ2v) is 8.70. The number of amides is 2. The number of nitrogens with one attached hydrogen (secondary N) is 4. The van der Waals surface area contributed by atoms with E-state index in [2.05, 4.69) is 20.6 Å². The van der Waals surface area contributed by atoms with Crippen molar-refractivity contribution < 1.29 is 18.4 Å². The van der Waals surface area contributed by atoms with Crippen molar-refractivity contribution in [3.63, 3.8) is 0 Å². The number of carbonyl (C=O) groups excluding carboxylic acids is 2. The number of rotatable bonds is 7. The van der Waals surface area contributed by atoms with Crippen LogP contribution in [0.25, 0.3) is 17.7 Å². The number of benzene rings is 2. The van der Waals surface area contributed by atoms with Crippen molar-refractivity contribution in [3.8, 4) is 0 Å². The molecule has 4 N–H and O–H groups in total. The lowest BCUT2D eigenvalue weighted by Crippen LogP contribution is -2.40. The molecule has 0 aliphatic carbocycles. The summed E-state index contributed by atoms with van der Waals surface area (Å²) in [6, 6.07) is 12.2. The van der Waals surface area contributed by atoms with Gasteiger partial charge in [-0.25, -0.2) is 13.6 Å². The standard InChI is InChI=1S/C28H21F2N5O4/c29-22-8-6-17(11-23(22)30)15-35-27(38)21(14-33-28(35)39)25(36)32-10-1-3-16-5-7-19-20(13-18-4-2-9-31-18)26(37)34-24(19)12-16/h1-9,11-14,31H,10,15H2,(H,32,36)(H,33,39)(H,34,37)/b3-1+,20-13?. The Hall–Kier alpha value is -5.32. The maximum Gasteiger partial charge on any atom is 0.328 e. The van der Waals surface area contributed by atoms with E-state index in [9.17, 15) is 28.0 Å². The van der Waals surface area contributed by atoms with Crippen molar-refractivity contribution in [2.24, 2.45) is 0 Å². The number of halogens is 2. The number of fused-ring (bicyclic) bond motifs is 1. The largest absolute Gasteiger partial charge is 0.362 e. The van der Waals surface area contributed by atoms with E-state index in [0.717, 1.165) is 39.7 Å². The minimum Gasteiger partial charge on any atom is -0.362 e. The van der Waals surface area contributed by atoms with Gasteiger partial charge >= 0.3 is 5.69 Å². The molecule has 2 aromatic heterocycles. The summed E-state index contributed by atoms with van der Waals surface area (Å²) in [6.07, 6.45) is 7.96. The molecule has 0 saturated heterocycles. The van der Waals surface area contributed by atoms with Crippen LogP contribution in [0.3, 0.4) is 0 Å². The third-order valence-corrected chi connectivity index (χ3v) is 6.07. The van der Waals surface area contributed by atoms with E-state index >= 15 is 0 Å². The quantitative estimate of drug-likeness (QED) is 0.274. The zero-order chi connectivity index (χ0) is 27.5. The number of hydrogen-bond donors (Lipinski definition) is 4. The van der Waals surface area contributed by atoms with Crippen LogP contribution in [0.5, 0.6) is 0 Å². The second-order valence-electron chi connectivity index (χ2n) is 8.70. The summed E-state index contributed by atoms with van der Waals surface area (Å²) < 4.78 is 27.4. The van der Waals surface area contributed by atoms with E-state index in [1.807, 2.05) is 24.3 Å². The van der Waals surface area contributed by atoms with Gasteiger partial charge in [-0.05, 0) is 47.5 Å². The molecule has 9 nitrogen and oxygen atoms in total. The van der Waals surface area contributed by atoms with Gasteiger partial charge in [0.25, 0.3) is 17.4 Å². The first-order valence-corrected chi connectivity index (χ1v) is 11.8. The predicted molar refractivity (Wildman–Crippen MR) is 142 cm³/mol. The molecule has 0 radical (unpaired) electrons. The van der Waals surface area contributed by atoms with E-state index in [1.54, 1.807) is 30.5 Å². The summed E-state index contributed by atoms with van der Waals surface area (Å²) in [6.45, 7) is -0.273. The number of anilines is 1. The molecule has 5 rings (SSSR count). The molecular formula is C28H21F2N5O4. The van der Waals surface area contributed by atoms with Crippen LogP contribution < -0.4 is 21.9 Å². The van der Waals surface area contributed by atoms with Crippen molar-refractivity contribution in [2.45, 2.75) is 6.54 Å². The van der Waals surface area contributed by atoms with Crippen LogP contribution in [0.4, 0.5) is 14.5 Å². The first-order chi connectivity index (χ1) is 18.8. The van der Waals surface area contributed by atoms with Gasteiger partial charge in [0.1, 0.15) is 5.56 Å². The highest BCUT2D eigenvalue weighted by Gasteiger charge is 2.24. The monoisotopic (exact) mass is 529 g/mol. The minimum absolute atomic E-state index is 0.0714. The maximum atomic E-state index is 13.5. The summed E-state index contributed by atoms with van der Waals surface area (Å²) >= 11 is 0. The number of H-pyrrole nitrogens is 2. The lowest BCUT2D eigenvalue weighted by molar-refractivity contribution is -0.110. The maximum absolute atomic E-state index is 13.5. The van der Waals surface area contributed by atoms with Crippen molar-refractivity contribution >= 4 is 35.2 Å². The summed E-state index contributed by atoms with van der Waals surface area (Å²) in [5.74, 6) is -3.10. The SMILES string of the molecule is O=C1Nc2cc(/C=C/CNC(=O)c3c[nH]c(=O)n(Cc4ccc(F)c(F)c4)c3=O)ccc2C1=Cc1ccc[nH]1. The van der Waals surface area contributed by atoms with E-state index in [1.165, 1.54) is 6.07 Å². The smallest absolute Gasteiger partial charge is 0.328 e. The Morgan fingerprint density at radius 2 is 1.85 bits per heavy atom. The van der Waals surface area contributed by atoms with Crippen LogP contribution in [-0.4, -0.2) is 32.9 Å². The Morgan fingerprint density at radius 1 is 1.00 bits per heavy atom. The molecular weight excluding hydrogens is 508 g/mol. The van der Waals surface area contributed by atoms with Crippen LogP contribution >= 0.6 is 0 Å². The molecule has 0 unspecified atom stereocenters. The Bertz CT molecular complexity index is 1770. The highest BCUT2D eigenvalue weighted by atomic mass is 19.2. The van der Waals surface area contributed by atoms with Crippen molar-refractivity contribution in [2.75, 3.05) is 11.9 Å². The topological polar surface area (TPSA) is 129 Å². The van der Waals surface area contributed by atoms with Crippen molar-refractivity contribution in [1.82, 2.24) is 19.9 Å². The number of hydrogen-bond acceptors (Lipinski definition) is 4. The van der Waals surface area contributed by atoms with Crippen LogP contribution in [0.1, 0.15) is 32.7 Å². The van der Waals surface area contributed by atoms with E-state index < -0.39 is 28.8 Å². The summed E-state index contributed by atoms with van der Waals surface area (Å²) in [5.41, 5.74) is 1.78. The normalized spacial score (nSPS) is 13.6. The van der Waals surface area contributed by atoms with Gasteiger partial charge < -0.3 is 20.6 Å². The van der Waals surface area contributed by atoms with E-state index in [4.69, 9.17) is 0 Å². The molecule has 11 heteroatoms. The second kappa shape index (κ2) is 10.6. The zero-order valence-electron chi connectivity index (χ0n) is 20.3. The van der Waals surface area contributed by atoms with E-state index in [0.29, 0.717) is 11.3 Å². The van der Waals surface area contributed by atoms with Gasteiger partial charge in [-0.3, -0.25) is 19.0 Å². The lowest BCUT2D eigenvalue weighted by Gasteiger charge is -2.08. The summed E-state index contributed by atoms with van der Waals surface area (Å²) in [4.78, 5) is 55.3. The van der Waals surface area contributed by atoms with Gasteiger partial charge in [-0.15, -0.1) is 0 Å². The summed E-state index contributed by atoms with van der Waals surface area (Å²) in [5, 5.41) is 5.41. The molecule has 1 aliphatic heterocycles. The minimum atomic E-state index is -1.11. The third-order valence-electron chi connectivity index (χ3n) is 6.07. The Balaban J connectivity index is 1.25. The van der Waals surface area contributed by atoms with Crippen LogP contribution in [0.2, 0.25) is 0 Å². The molecule has 0 saturated carbocycles. The number of nitrogens with zero attached hydrogens (tertiary/aromatic N) is 1. The zero-order valence-corrected chi connectivity index (χ0v) is 20.3. The van der Waals surface area contributed by atoms with Gasteiger partial charge in [0, 0.05) is 35.9 Å². The predicted octanol–water partition coefficient (Wildman–Crippen LogP) is 3.13.